The summed E-state index contributed by atoms with van der Waals surface area (Å²) in [6.07, 6.45) is 0. The van der Waals surface area contributed by atoms with Crippen LogP contribution >= 0.6 is 34.8 Å². The number of fused-ring (bicyclic) bond motifs is 1. The maximum atomic E-state index is 12.5. The molecule has 0 bridgehead atoms. The predicted molar refractivity (Wildman–Crippen MR) is 141 cm³/mol. The molecule has 0 aliphatic carbocycles. The normalized spacial score (nSPS) is 11.0. The van der Waals surface area contributed by atoms with Crippen molar-refractivity contribution in [1.82, 2.24) is 20.3 Å². The van der Waals surface area contributed by atoms with Crippen LogP contribution in [0.15, 0.2) is 60.7 Å². The topological polar surface area (TPSA) is 71.8 Å². The lowest BCUT2D eigenvalue weighted by Gasteiger charge is -2.12. The summed E-state index contributed by atoms with van der Waals surface area (Å²) in [5.41, 5.74) is 5.99. The Morgan fingerprint density at radius 3 is 2.34 bits per heavy atom. The van der Waals surface area contributed by atoms with Crippen LogP contribution in [0.2, 0.25) is 0 Å². The highest BCUT2D eigenvalue weighted by molar-refractivity contribution is 14.1. The number of hydrogen-bond acceptors (Lipinski definition) is 4. The average Bonchev–Trinajstić information content (AvgIpc) is 3.17. The van der Waals surface area contributed by atoms with Crippen LogP contribution in [0, 0.1) is 10.5 Å². The zero-order valence-corrected chi connectivity index (χ0v) is 20.9. The van der Waals surface area contributed by atoms with E-state index in [-0.39, 0.29) is 11.0 Å². The standard InChI is InChI=1S/C24H22IN5OS/c1-14(2)16-8-10-17(11-9-16)30-28-21-12-15(3)20(13-22(21)29-30)26-24(32)27-23(31)18-6-4-5-7-19(18)25/h4-14H,1-3H3,(H2,26,27,31,32). The number of anilines is 1. The fourth-order valence-corrected chi connectivity index (χ4v) is 4.11. The molecule has 8 heteroatoms. The van der Waals surface area contributed by atoms with Crippen molar-refractivity contribution in [3.05, 3.63) is 80.9 Å². The van der Waals surface area contributed by atoms with E-state index < -0.39 is 0 Å². The number of thiocarbonyl (C=S) groups is 1. The average molecular weight is 555 g/mol. The van der Waals surface area contributed by atoms with Gasteiger partial charge in [-0.15, -0.1) is 10.2 Å². The van der Waals surface area contributed by atoms with E-state index in [1.807, 2.05) is 49.4 Å². The minimum atomic E-state index is -0.248. The first-order chi connectivity index (χ1) is 15.3. The highest BCUT2D eigenvalue weighted by Crippen LogP contribution is 2.23. The summed E-state index contributed by atoms with van der Waals surface area (Å²) in [5.74, 6) is 0.224. The highest BCUT2D eigenvalue weighted by atomic mass is 127. The molecule has 32 heavy (non-hydrogen) atoms. The van der Waals surface area contributed by atoms with Crippen LogP contribution in [0.3, 0.4) is 0 Å². The summed E-state index contributed by atoms with van der Waals surface area (Å²) in [4.78, 5) is 14.2. The molecule has 6 nitrogen and oxygen atoms in total. The monoisotopic (exact) mass is 555 g/mol. The van der Waals surface area contributed by atoms with E-state index in [0.717, 1.165) is 31.5 Å². The second kappa shape index (κ2) is 9.33. The maximum Gasteiger partial charge on any atom is 0.258 e. The molecule has 0 fully saturated rings. The number of halogens is 1. The van der Waals surface area contributed by atoms with Crippen LogP contribution in [0.4, 0.5) is 5.69 Å². The minimum absolute atomic E-state index is 0.230. The van der Waals surface area contributed by atoms with E-state index in [2.05, 4.69) is 69.4 Å². The molecule has 3 aromatic carbocycles. The molecular formula is C24H22IN5OS. The van der Waals surface area contributed by atoms with E-state index in [4.69, 9.17) is 12.2 Å². The lowest BCUT2D eigenvalue weighted by molar-refractivity contribution is 0.0977. The molecule has 1 aromatic heterocycles. The van der Waals surface area contributed by atoms with Gasteiger partial charge in [-0.1, -0.05) is 38.1 Å². The van der Waals surface area contributed by atoms with Gasteiger partial charge >= 0.3 is 0 Å². The van der Waals surface area contributed by atoms with Gasteiger partial charge < -0.3 is 5.32 Å². The number of carbonyl (C=O) groups excluding carboxylic acids is 1. The fourth-order valence-electron chi connectivity index (χ4n) is 3.28. The zero-order valence-electron chi connectivity index (χ0n) is 17.9. The third-order valence-corrected chi connectivity index (χ3v) is 6.26. The van der Waals surface area contributed by atoms with E-state index in [0.29, 0.717) is 11.5 Å². The fraction of sp³-hybridized carbons (Fsp3) is 0.167. The van der Waals surface area contributed by atoms with Crippen molar-refractivity contribution in [1.29, 1.82) is 0 Å². The SMILES string of the molecule is Cc1cc2nn(-c3ccc(C(C)C)cc3)nc2cc1NC(=S)NC(=O)c1ccccc1I. The first kappa shape index (κ1) is 22.3. The smallest absolute Gasteiger partial charge is 0.258 e. The van der Waals surface area contributed by atoms with E-state index in [9.17, 15) is 4.79 Å². The van der Waals surface area contributed by atoms with Gasteiger partial charge in [0.05, 0.1) is 11.3 Å². The number of carbonyl (C=O) groups is 1. The molecule has 4 aromatic rings. The van der Waals surface area contributed by atoms with Crippen molar-refractivity contribution in [3.63, 3.8) is 0 Å². The Labute approximate surface area is 205 Å². The first-order valence-electron chi connectivity index (χ1n) is 10.2. The van der Waals surface area contributed by atoms with Crippen LogP contribution in [0.5, 0.6) is 0 Å². The van der Waals surface area contributed by atoms with Crippen LogP contribution in [0.25, 0.3) is 16.7 Å². The molecule has 0 atom stereocenters. The molecule has 1 amide bonds. The van der Waals surface area contributed by atoms with Crippen molar-refractivity contribution >= 4 is 62.5 Å². The Morgan fingerprint density at radius 2 is 1.69 bits per heavy atom. The Hall–Kier alpha value is -2.85. The first-order valence-corrected chi connectivity index (χ1v) is 11.7. The van der Waals surface area contributed by atoms with Crippen LogP contribution in [-0.2, 0) is 0 Å². The molecule has 0 saturated heterocycles. The lowest BCUT2D eigenvalue weighted by atomic mass is 10.0. The number of benzene rings is 3. The molecule has 1 heterocycles. The highest BCUT2D eigenvalue weighted by Gasteiger charge is 2.13. The van der Waals surface area contributed by atoms with Crippen molar-refractivity contribution in [2.24, 2.45) is 0 Å². The Bertz CT molecular complexity index is 1310. The molecular weight excluding hydrogens is 533 g/mol. The number of nitrogens with zero attached hydrogens (tertiary/aromatic N) is 3. The summed E-state index contributed by atoms with van der Waals surface area (Å²) >= 11 is 7.50. The van der Waals surface area contributed by atoms with Crippen molar-refractivity contribution in [3.8, 4) is 5.69 Å². The number of hydrogen-bond donors (Lipinski definition) is 2. The summed E-state index contributed by atoms with van der Waals surface area (Å²) in [6, 6.07) is 19.4. The van der Waals surface area contributed by atoms with Gasteiger partial charge in [0.2, 0.25) is 0 Å². The van der Waals surface area contributed by atoms with Gasteiger partial charge in [-0.05, 0) is 95.2 Å². The molecule has 2 N–H and O–H groups in total. The molecule has 0 unspecified atom stereocenters. The molecule has 162 valence electrons. The van der Waals surface area contributed by atoms with Gasteiger partial charge in [-0.3, -0.25) is 10.1 Å². The number of amides is 1. The zero-order chi connectivity index (χ0) is 22.8. The largest absolute Gasteiger partial charge is 0.332 e. The molecule has 0 aliphatic rings. The molecule has 0 spiro atoms. The van der Waals surface area contributed by atoms with E-state index in [1.54, 1.807) is 10.9 Å². The molecule has 4 rings (SSSR count). The minimum Gasteiger partial charge on any atom is -0.332 e. The van der Waals surface area contributed by atoms with Gasteiger partial charge in [0.15, 0.2) is 5.11 Å². The van der Waals surface area contributed by atoms with Gasteiger partial charge in [-0.25, -0.2) is 0 Å². The van der Waals surface area contributed by atoms with Crippen LogP contribution in [0.1, 0.15) is 41.3 Å². The quantitative estimate of drug-likeness (QED) is 0.254. The molecule has 0 radical (unpaired) electrons. The van der Waals surface area contributed by atoms with E-state index in [1.165, 1.54) is 5.56 Å². The third-order valence-electron chi connectivity index (χ3n) is 5.11. The van der Waals surface area contributed by atoms with Crippen LogP contribution < -0.4 is 10.6 Å². The van der Waals surface area contributed by atoms with E-state index >= 15 is 0 Å². The third kappa shape index (κ3) is 4.81. The van der Waals surface area contributed by atoms with Gasteiger partial charge in [-0.2, -0.15) is 4.80 Å². The second-order valence-corrected chi connectivity index (χ2v) is 9.35. The number of nitrogens with one attached hydrogen (secondary N) is 2. The number of aryl methyl sites for hydroxylation is 1. The van der Waals surface area contributed by atoms with Crippen molar-refractivity contribution in [2.75, 3.05) is 5.32 Å². The van der Waals surface area contributed by atoms with Crippen molar-refractivity contribution in [2.45, 2.75) is 26.7 Å². The Kier molecular flexibility index (Phi) is 6.52. The second-order valence-electron chi connectivity index (χ2n) is 7.78. The van der Waals surface area contributed by atoms with Crippen molar-refractivity contribution < 1.29 is 4.79 Å². The predicted octanol–water partition coefficient (Wildman–Crippen LogP) is 5.58. The summed E-state index contributed by atoms with van der Waals surface area (Å²) in [7, 11) is 0. The summed E-state index contributed by atoms with van der Waals surface area (Å²) in [5, 5.41) is 15.3. The number of rotatable bonds is 4. The van der Waals surface area contributed by atoms with Gasteiger partial charge in [0.1, 0.15) is 11.0 Å². The molecule has 0 saturated carbocycles. The Balaban J connectivity index is 1.53. The number of aromatic nitrogens is 3. The lowest BCUT2D eigenvalue weighted by Crippen LogP contribution is -2.34. The maximum absolute atomic E-state index is 12.5. The Morgan fingerprint density at radius 1 is 1.03 bits per heavy atom. The summed E-state index contributed by atoms with van der Waals surface area (Å²) in [6.45, 7) is 6.29. The van der Waals surface area contributed by atoms with Crippen LogP contribution in [-0.4, -0.2) is 26.0 Å². The van der Waals surface area contributed by atoms with Gasteiger partial charge in [0.25, 0.3) is 5.91 Å². The van der Waals surface area contributed by atoms with Gasteiger partial charge in [0, 0.05) is 9.26 Å². The summed E-state index contributed by atoms with van der Waals surface area (Å²) < 4.78 is 0.862. The molecule has 0 aliphatic heterocycles.